The number of rotatable bonds is 8. The zero-order valence-corrected chi connectivity index (χ0v) is 11.2. The van der Waals surface area contributed by atoms with E-state index in [0.29, 0.717) is 18.1 Å². The lowest BCUT2D eigenvalue weighted by Crippen LogP contribution is -2.32. The summed E-state index contributed by atoms with van der Waals surface area (Å²) in [5, 5.41) is 18.5. The van der Waals surface area contributed by atoms with Crippen molar-refractivity contribution in [2.75, 3.05) is 32.8 Å². The SMILES string of the molecule is NC(CCN(CCO)CCO)c1cccc(Cl)c1. The van der Waals surface area contributed by atoms with Gasteiger partial charge in [-0.25, -0.2) is 0 Å². The summed E-state index contributed by atoms with van der Waals surface area (Å²) >= 11 is 5.92. The molecule has 4 nitrogen and oxygen atoms in total. The van der Waals surface area contributed by atoms with E-state index in [9.17, 15) is 0 Å². The Morgan fingerprint density at radius 1 is 1.17 bits per heavy atom. The molecule has 4 N–H and O–H groups in total. The van der Waals surface area contributed by atoms with E-state index >= 15 is 0 Å². The van der Waals surface area contributed by atoms with Crippen LogP contribution in [0.1, 0.15) is 18.0 Å². The number of halogens is 1. The second kappa shape index (κ2) is 8.45. The van der Waals surface area contributed by atoms with Gasteiger partial charge in [0.15, 0.2) is 0 Å². The lowest BCUT2D eigenvalue weighted by atomic mass is 10.0. The summed E-state index contributed by atoms with van der Waals surface area (Å²) in [6, 6.07) is 7.45. The summed E-state index contributed by atoms with van der Waals surface area (Å²) in [6.45, 7) is 2.04. The van der Waals surface area contributed by atoms with Crippen LogP contribution in [0, 0.1) is 0 Å². The molecule has 0 bridgehead atoms. The van der Waals surface area contributed by atoms with Crippen molar-refractivity contribution in [1.82, 2.24) is 4.90 Å². The third-order valence-corrected chi connectivity index (χ3v) is 3.10. The molecule has 1 unspecified atom stereocenters. The van der Waals surface area contributed by atoms with Gasteiger partial charge < -0.3 is 15.9 Å². The van der Waals surface area contributed by atoms with E-state index in [1.807, 2.05) is 29.2 Å². The number of nitrogens with two attached hydrogens (primary N) is 1. The van der Waals surface area contributed by atoms with Gasteiger partial charge in [-0.2, -0.15) is 0 Å². The highest BCUT2D eigenvalue weighted by molar-refractivity contribution is 6.30. The largest absolute Gasteiger partial charge is 0.395 e. The molecule has 102 valence electrons. The number of aliphatic hydroxyl groups excluding tert-OH is 2. The summed E-state index contributed by atoms with van der Waals surface area (Å²) in [6.07, 6.45) is 0.764. The Morgan fingerprint density at radius 3 is 2.39 bits per heavy atom. The van der Waals surface area contributed by atoms with Gasteiger partial charge in [0, 0.05) is 30.7 Å². The first-order valence-corrected chi connectivity index (χ1v) is 6.50. The maximum atomic E-state index is 8.91. The first kappa shape index (κ1) is 15.4. The molecular weight excluding hydrogens is 252 g/mol. The van der Waals surface area contributed by atoms with Gasteiger partial charge in [0.25, 0.3) is 0 Å². The number of nitrogens with zero attached hydrogens (tertiary/aromatic N) is 1. The molecule has 0 radical (unpaired) electrons. The van der Waals surface area contributed by atoms with Crippen LogP contribution in [-0.4, -0.2) is 48.0 Å². The normalized spacial score (nSPS) is 12.9. The summed E-state index contributed by atoms with van der Waals surface area (Å²) in [4.78, 5) is 1.99. The van der Waals surface area contributed by atoms with E-state index in [1.165, 1.54) is 0 Å². The minimum Gasteiger partial charge on any atom is -0.395 e. The minimum absolute atomic E-state index is 0.0800. The molecule has 0 fully saturated rings. The highest BCUT2D eigenvalue weighted by Gasteiger charge is 2.09. The van der Waals surface area contributed by atoms with Crippen LogP contribution in [0.4, 0.5) is 0 Å². The van der Waals surface area contributed by atoms with Crippen LogP contribution in [0.25, 0.3) is 0 Å². The first-order chi connectivity index (χ1) is 8.67. The van der Waals surface area contributed by atoms with Gasteiger partial charge in [-0.05, 0) is 24.1 Å². The molecule has 0 saturated heterocycles. The summed E-state index contributed by atoms with van der Waals surface area (Å²) in [5.41, 5.74) is 7.10. The monoisotopic (exact) mass is 272 g/mol. The molecule has 0 amide bonds. The van der Waals surface area contributed by atoms with Crippen LogP contribution in [0.2, 0.25) is 5.02 Å². The Labute approximate surface area is 113 Å². The molecule has 1 aromatic carbocycles. The second-order valence-electron chi connectivity index (χ2n) is 4.24. The minimum atomic E-state index is -0.0800. The smallest absolute Gasteiger partial charge is 0.0558 e. The van der Waals surface area contributed by atoms with Gasteiger partial charge in [-0.3, -0.25) is 4.90 Å². The maximum Gasteiger partial charge on any atom is 0.0558 e. The topological polar surface area (TPSA) is 69.7 Å². The maximum absolute atomic E-state index is 8.91. The molecule has 0 aromatic heterocycles. The zero-order valence-electron chi connectivity index (χ0n) is 10.4. The standard InChI is InChI=1S/C13H21ClN2O2/c14-12-3-1-2-11(10-12)13(15)4-5-16(6-8-17)7-9-18/h1-3,10,13,17-18H,4-9,15H2. The second-order valence-corrected chi connectivity index (χ2v) is 4.68. The molecule has 0 aliphatic carbocycles. The Balaban J connectivity index is 2.46. The van der Waals surface area contributed by atoms with Crippen molar-refractivity contribution >= 4 is 11.6 Å². The molecule has 0 heterocycles. The van der Waals surface area contributed by atoms with E-state index in [1.54, 1.807) is 0 Å². The predicted molar refractivity (Wildman–Crippen MR) is 73.6 cm³/mol. The van der Waals surface area contributed by atoms with E-state index in [0.717, 1.165) is 18.5 Å². The van der Waals surface area contributed by atoms with Gasteiger partial charge in [0.2, 0.25) is 0 Å². The molecule has 0 aliphatic rings. The van der Waals surface area contributed by atoms with Gasteiger partial charge in [0.1, 0.15) is 0 Å². The highest BCUT2D eigenvalue weighted by atomic mass is 35.5. The molecule has 1 rings (SSSR count). The predicted octanol–water partition coefficient (Wildman–Crippen LogP) is 1.02. The summed E-state index contributed by atoms with van der Waals surface area (Å²) < 4.78 is 0. The van der Waals surface area contributed by atoms with E-state index < -0.39 is 0 Å². The lowest BCUT2D eigenvalue weighted by molar-refractivity contribution is 0.157. The van der Waals surface area contributed by atoms with Crippen LogP contribution < -0.4 is 5.73 Å². The summed E-state index contributed by atoms with van der Waals surface area (Å²) in [7, 11) is 0. The quantitative estimate of drug-likeness (QED) is 0.661. The van der Waals surface area contributed by atoms with Crippen LogP contribution in [0.5, 0.6) is 0 Å². The molecule has 0 aliphatic heterocycles. The van der Waals surface area contributed by atoms with Crippen LogP contribution in [0.3, 0.4) is 0 Å². The Bertz CT molecular complexity index is 344. The van der Waals surface area contributed by atoms with Gasteiger partial charge in [-0.15, -0.1) is 0 Å². The van der Waals surface area contributed by atoms with Gasteiger partial charge >= 0.3 is 0 Å². The van der Waals surface area contributed by atoms with Crippen molar-refractivity contribution in [2.45, 2.75) is 12.5 Å². The molecular formula is C13H21ClN2O2. The molecule has 1 aromatic rings. The molecule has 0 saturated carbocycles. The fraction of sp³-hybridized carbons (Fsp3) is 0.538. The Kier molecular flexibility index (Phi) is 7.23. The van der Waals surface area contributed by atoms with Crippen molar-refractivity contribution in [3.8, 4) is 0 Å². The zero-order chi connectivity index (χ0) is 13.4. The fourth-order valence-electron chi connectivity index (χ4n) is 1.84. The van der Waals surface area contributed by atoms with Gasteiger partial charge in [0.05, 0.1) is 13.2 Å². The first-order valence-electron chi connectivity index (χ1n) is 6.12. The summed E-state index contributed by atoms with van der Waals surface area (Å²) in [5.74, 6) is 0. The molecule has 1 atom stereocenters. The molecule has 5 heteroatoms. The fourth-order valence-corrected chi connectivity index (χ4v) is 2.04. The number of hydrogen-bond donors (Lipinski definition) is 3. The average Bonchev–Trinajstić information content (AvgIpc) is 2.36. The van der Waals surface area contributed by atoms with Crippen molar-refractivity contribution in [2.24, 2.45) is 5.73 Å². The number of aliphatic hydroxyl groups is 2. The van der Waals surface area contributed by atoms with E-state index in [4.69, 9.17) is 27.5 Å². The number of benzene rings is 1. The third kappa shape index (κ3) is 5.33. The molecule has 0 spiro atoms. The highest BCUT2D eigenvalue weighted by Crippen LogP contribution is 2.18. The van der Waals surface area contributed by atoms with Crippen LogP contribution >= 0.6 is 11.6 Å². The van der Waals surface area contributed by atoms with Crippen LogP contribution in [0.15, 0.2) is 24.3 Å². The van der Waals surface area contributed by atoms with E-state index in [2.05, 4.69) is 0 Å². The number of hydrogen-bond acceptors (Lipinski definition) is 4. The Hall–Kier alpha value is -0.650. The van der Waals surface area contributed by atoms with Crippen LogP contribution in [-0.2, 0) is 0 Å². The van der Waals surface area contributed by atoms with Crippen molar-refractivity contribution in [1.29, 1.82) is 0 Å². The third-order valence-electron chi connectivity index (χ3n) is 2.87. The Morgan fingerprint density at radius 2 is 1.83 bits per heavy atom. The average molecular weight is 273 g/mol. The van der Waals surface area contributed by atoms with Gasteiger partial charge in [-0.1, -0.05) is 23.7 Å². The van der Waals surface area contributed by atoms with E-state index in [-0.39, 0.29) is 19.3 Å². The lowest BCUT2D eigenvalue weighted by Gasteiger charge is -2.22. The van der Waals surface area contributed by atoms with Crippen molar-refractivity contribution in [3.05, 3.63) is 34.9 Å². The van der Waals surface area contributed by atoms with Crippen molar-refractivity contribution < 1.29 is 10.2 Å². The van der Waals surface area contributed by atoms with Crippen molar-refractivity contribution in [3.63, 3.8) is 0 Å². The molecule has 18 heavy (non-hydrogen) atoms.